The van der Waals surface area contributed by atoms with Gasteiger partial charge in [0.2, 0.25) is 0 Å². The number of aliphatic carboxylic acids is 1. The van der Waals surface area contributed by atoms with Crippen LogP contribution in [0.2, 0.25) is 5.02 Å². The fraction of sp³-hybridized carbons (Fsp3) is 0.355. The Balaban J connectivity index is 1.80. The Hall–Kier alpha value is -3.49. The molecule has 0 radical (unpaired) electrons. The highest BCUT2D eigenvalue weighted by molar-refractivity contribution is 6.32. The van der Waals surface area contributed by atoms with Crippen LogP contribution in [-0.4, -0.2) is 32.8 Å². The summed E-state index contributed by atoms with van der Waals surface area (Å²) in [4.78, 5) is 17.5. The molecule has 1 atom stereocenters. The second-order valence-corrected chi connectivity index (χ2v) is 11.6. The molecule has 0 bridgehead atoms. The minimum absolute atomic E-state index is 0.241. The van der Waals surface area contributed by atoms with E-state index in [-0.39, 0.29) is 6.54 Å². The van der Waals surface area contributed by atoms with Gasteiger partial charge in [0, 0.05) is 34.9 Å². The quantitative estimate of drug-likeness (QED) is 0.260. The summed E-state index contributed by atoms with van der Waals surface area (Å²) in [6, 6.07) is 7.47. The van der Waals surface area contributed by atoms with Crippen molar-refractivity contribution < 1.29 is 28.2 Å². The number of fused-ring (bicyclic) bond motifs is 2. The van der Waals surface area contributed by atoms with Gasteiger partial charge in [-0.05, 0) is 94.0 Å². The lowest BCUT2D eigenvalue weighted by molar-refractivity contribution is -0.160. The number of aryl methyl sites for hydroxylation is 1. The second-order valence-electron chi connectivity index (χ2n) is 11.2. The number of carboxylic acids is 1. The normalized spacial score (nSPS) is 14.2. The zero-order valence-electron chi connectivity index (χ0n) is 23.1. The molecule has 0 amide bonds. The molecule has 4 aromatic rings. The lowest BCUT2D eigenvalue weighted by Gasteiger charge is -2.29. The van der Waals surface area contributed by atoms with Crippen molar-refractivity contribution in [2.75, 3.05) is 6.61 Å². The first-order valence-electron chi connectivity index (χ1n) is 13.1. The van der Waals surface area contributed by atoms with Crippen molar-refractivity contribution in [2.24, 2.45) is 0 Å². The van der Waals surface area contributed by atoms with Crippen LogP contribution in [-0.2, 0) is 22.5 Å². The van der Waals surface area contributed by atoms with Gasteiger partial charge in [-0.2, -0.15) is 0 Å². The minimum Gasteiger partial charge on any atom is -0.492 e. The number of ether oxygens (including phenoxy) is 2. The number of rotatable bonds is 6. The number of pyridine rings is 1. The third kappa shape index (κ3) is 5.18. The predicted molar refractivity (Wildman–Crippen MR) is 150 cm³/mol. The van der Waals surface area contributed by atoms with Crippen LogP contribution < -0.4 is 4.74 Å². The Morgan fingerprint density at radius 2 is 1.95 bits per heavy atom. The molecule has 0 spiro atoms. The first kappa shape index (κ1) is 28.1. The molecule has 210 valence electrons. The van der Waals surface area contributed by atoms with E-state index in [4.69, 9.17) is 26.1 Å². The van der Waals surface area contributed by atoms with Crippen molar-refractivity contribution in [3.05, 3.63) is 81.1 Å². The van der Waals surface area contributed by atoms with Crippen LogP contribution in [0.5, 0.6) is 5.75 Å². The van der Waals surface area contributed by atoms with Crippen molar-refractivity contribution in [1.82, 2.24) is 9.55 Å². The van der Waals surface area contributed by atoms with Crippen molar-refractivity contribution in [2.45, 2.75) is 65.7 Å². The summed E-state index contributed by atoms with van der Waals surface area (Å²) >= 11 is 6.74. The lowest BCUT2D eigenvalue weighted by Crippen LogP contribution is -2.28. The zero-order valence-corrected chi connectivity index (χ0v) is 23.8. The first-order valence-corrected chi connectivity index (χ1v) is 13.5. The monoisotopic (exact) mass is 568 g/mol. The Morgan fingerprint density at radius 1 is 1.20 bits per heavy atom. The van der Waals surface area contributed by atoms with Crippen LogP contribution >= 0.6 is 11.6 Å². The Morgan fingerprint density at radius 3 is 2.62 bits per heavy atom. The molecule has 5 rings (SSSR count). The molecule has 2 aromatic carbocycles. The maximum atomic E-state index is 14.0. The van der Waals surface area contributed by atoms with Gasteiger partial charge < -0.3 is 19.1 Å². The number of carbonyl (C=O) groups is 1. The third-order valence-corrected chi connectivity index (χ3v) is 7.42. The average Bonchev–Trinajstić information content (AvgIpc) is 3.27. The van der Waals surface area contributed by atoms with Crippen LogP contribution in [0.15, 0.2) is 36.5 Å². The molecule has 1 aliphatic rings. The smallest absolute Gasteiger partial charge is 0.337 e. The van der Waals surface area contributed by atoms with E-state index >= 15 is 0 Å². The highest BCUT2D eigenvalue weighted by Gasteiger charge is 2.34. The van der Waals surface area contributed by atoms with E-state index in [1.807, 2.05) is 29.8 Å². The van der Waals surface area contributed by atoms with Gasteiger partial charge in [-0.3, -0.25) is 0 Å². The molecular weight excluding hydrogens is 538 g/mol. The molecule has 0 fully saturated rings. The maximum absolute atomic E-state index is 14.0. The highest BCUT2D eigenvalue weighted by Crippen LogP contribution is 2.46. The number of halogens is 3. The average molecular weight is 569 g/mol. The summed E-state index contributed by atoms with van der Waals surface area (Å²) in [6.45, 7) is 9.99. The topological polar surface area (TPSA) is 73.6 Å². The predicted octanol–water partition coefficient (Wildman–Crippen LogP) is 7.57. The van der Waals surface area contributed by atoms with Gasteiger partial charge in [-0.15, -0.1) is 0 Å². The Kier molecular flexibility index (Phi) is 7.35. The molecule has 0 unspecified atom stereocenters. The largest absolute Gasteiger partial charge is 0.492 e. The summed E-state index contributed by atoms with van der Waals surface area (Å²) < 4.78 is 41.3. The molecule has 2 aromatic heterocycles. The molecule has 1 N–H and O–H groups in total. The molecule has 6 nitrogen and oxygen atoms in total. The van der Waals surface area contributed by atoms with E-state index in [0.717, 1.165) is 41.7 Å². The SMILES string of the molecule is Cc1nc2c(ccn2Cc2ccc(F)c(F)c2)c(-c2cc(Cl)c3c(c2C)CCCO3)c1[C@H](OC(C)(C)C)C(=O)O. The fourth-order valence-electron chi connectivity index (χ4n) is 5.41. The number of hydrogen-bond acceptors (Lipinski definition) is 4. The van der Waals surface area contributed by atoms with Gasteiger partial charge in [0.25, 0.3) is 0 Å². The molecule has 0 aliphatic carbocycles. The third-order valence-electron chi connectivity index (χ3n) is 7.14. The van der Waals surface area contributed by atoms with Crippen LogP contribution in [0.1, 0.15) is 61.2 Å². The molecule has 9 heteroatoms. The fourth-order valence-corrected chi connectivity index (χ4v) is 5.68. The van der Waals surface area contributed by atoms with Gasteiger partial charge in [-0.25, -0.2) is 18.6 Å². The maximum Gasteiger partial charge on any atom is 0.337 e. The Labute approximate surface area is 236 Å². The van der Waals surface area contributed by atoms with E-state index in [0.29, 0.717) is 50.8 Å². The van der Waals surface area contributed by atoms with Crippen molar-refractivity contribution >= 4 is 28.6 Å². The second kappa shape index (κ2) is 10.5. The summed E-state index contributed by atoms with van der Waals surface area (Å²) in [5.41, 5.74) is 4.68. The van der Waals surface area contributed by atoms with Gasteiger partial charge >= 0.3 is 5.97 Å². The number of benzene rings is 2. The highest BCUT2D eigenvalue weighted by atomic mass is 35.5. The number of hydrogen-bond donors (Lipinski definition) is 1. The molecule has 1 aliphatic heterocycles. The van der Waals surface area contributed by atoms with E-state index in [1.54, 1.807) is 27.7 Å². The van der Waals surface area contributed by atoms with Gasteiger partial charge in [0.1, 0.15) is 11.4 Å². The van der Waals surface area contributed by atoms with E-state index in [2.05, 4.69) is 0 Å². The number of aromatic nitrogens is 2. The van der Waals surface area contributed by atoms with Crippen molar-refractivity contribution in [3.63, 3.8) is 0 Å². The standard InChI is InChI=1S/C31H31ClF2N2O4/c1-16-19-7-6-12-39-27(19)22(32)14-21(16)26-20-10-11-36(15-18-8-9-23(33)24(34)13-18)29(20)35-17(2)25(26)28(30(37)38)40-31(3,4)5/h8-11,13-14,28H,6-7,12,15H2,1-5H3,(H,37,38)/t28-/m0/s1. The van der Waals surface area contributed by atoms with Gasteiger partial charge in [-0.1, -0.05) is 17.7 Å². The van der Waals surface area contributed by atoms with Crippen LogP contribution in [0.3, 0.4) is 0 Å². The molecule has 0 saturated carbocycles. The van der Waals surface area contributed by atoms with Crippen LogP contribution in [0, 0.1) is 25.5 Å². The minimum atomic E-state index is -1.30. The Bertz CT molecular complexity index is 1640. The molecular formula is C31H31ClF2N2O4. The molecule has 40 heavy (non-hydrogen) atoms. The summed E-state index contributed by atoms with van der Waals surface area (Å²) in [7, 11) is 0. The molecule has 3 heterocycles. The van der Waals surface area contributed by atoms with Crippen molar-refractivity contribution in [1.29, 1.82) is 0 Å². The van der Waals surface area contributed by atoms with Crippen LogP contribution in [0.4, 0.5) is 8.78 Å². The first-order chi connectivity index (χ1) is 18.9. The van der Waals surface area contributed by atoms with Gasteiger partial charge in [0.05, 0.1) is 17.2 Å². The summed E-state index contributed by atoms with van der Waals surface area (Å²) in [5, 5.41) is 11.5. The van der Waals surface area contributed by atoms with E-state index in [9.17, 15) is 18.7 Å². The lowest BCUT2D eigenvalue weighted by atomic mass is 9.87. The number of nitrogens with zero attached hydrogens (tertiary/aromatic N) is 2. The van der Waals surface area contributed by atoms with Crippen LogP contribution in [0.25, 0.3) is 22.2 Å². The van der Waals surface area contributed by atoms with Gasteiger partial charge in [0.15, 0.2) is 17.7 Å². The zero-order chi connectivity index (χ0) is 28.9. The summed E-state index contributed by atoms with van der Waals surface area (Å²) in [6.07, 6.45) is 2.15. The van der Waals surface area contributed by atoms with Crippen molar-refractivity contribution in [3.8, 4) is 16.9 Å². The van der Waals surface area contributed by atoms with E-state index in [1.165, 1.54) is 6.07 Å². The molecule has 0 saturated heterocycles. The summed E-state index contributed by atoms with van der Waals surface area (Å²) in [5.74, 6) is -2.31. The number of carboxylic acid groups (broad SMARTS) is 1. The van der Waals surface area contributed by atoms with E-state index < -0.39 is 29.3 Å².